The number of nitrogens with zero attached hydrogens (tertiary/aromatic N) is 6. The van der Waals surface area contributed by atoms with Crippen LogP contribution in [0.4, 0.5) is 15.3 Å². The minimum absolute atomic E-state index is 0.0116. The number of anilines is 2. The maximum atomic E-state index is 13.9. The van der Waals surface area contributed by atoms with Gasteiger partial charge in [0, 0.05) is 29.0 Å². The van der Waals surface area contributed by atoms with Gasteiger partial charge >= 0.3 is 0 Å². The van der Waals surface area contributed by atoms with Crippen molar-refractivity contribution in [2.24, 2.45) is 0 Å². The smallest absolute Gasteiger partial charge is 0.211 e. The Kier molecular flexibility index (Phi) is 5.10. The molecule has 1 aromatic carbocycles. The van der Waals surface area contributed by atoms with E-state index in [1.54, 1.807) is 29.1 Å². The summed E-state index contributed by atoms with van der Waals surface area (Å²) in [4.78, 5) is 0. The highest BCUT2D eigenvalue weighted by molar-refractivity contribution is 7.15. The fraction of sp³-hybridized carbons (Fsp3) is 0.222. The van der Waals surface area contributed by atoms with E-state index in [0.717, 1.165) is 10.7 Å². The van der Waals surface area contributed by atoms with Gasteiger partial charge in [-0.3, -0.25) is 9.36 Å². The molecular formula is C18H17ClFN7S. The third kappa shape index (κ3) is 3.90. The Hall–Kier alpha value is -2.78. The molecule has 7 nitrogen and oxygen atoms in total. The van der Waals surface area contributed by atoms with Crippen molar-refractivity contribution < 1.29 is 4.39 Å². The third-order valence-corrected chi connectivity index (χ3v) is 5.56. The molecule has 3 aromatic heterocycles. The van der Waals surface area contributed by atoms with E-state index in [2.05, 4.69) is 25.7 Å². The summed E-state index contributed by atoms with van der Waals surface area (Å²) in [7, 11) is 0. The molecule has 1 unspecified atom stereocenters. The van der Waals surface area contributed by atoms with Crippen LogP contribution in [-0.4, -0.2) is 29.8 Å². The van der Waals surface area contributed by atoms with E-state index >= 15 is 0 Å². The predicted molar refractivity (Wildman–Crippen MR) is 107 cm³/mol. The number of benzene rings is 1. The summed E-state index contributed by atoms with van der Waals surface area (Å²) in [6.45, 7) is 4.20. The van der Waals surface area contributed by atoms with Crippen LogP contribution < -0.4 is 5.32 Å². The SMILES string of the molecule is Cc1ccn(C(C)c2nnc(Nc3ccn(Cc4c(F)cccc4Cl)n3)s2)n1. The van der Waals surface area contributed by atoms with Crippen LogP contribution in [0.25, 0.3) is 0 Å². The summed E-state index contributed by atoms with van der Waals surface area (Å²) in [6, 6.07) is 8.35. The van der Waals surface area contributed by atoms with Gasteiger partial charge in [-0.2, -0.15) is 10.2 Å². The molecule has 3 heterocycles. The molecule has 4 aromatic rings. The van der Waals surface area contributed by atoms with Gasteiger partial charge in [0.25, 0.3) is 0 Å². The highest BCUT2D eigenvalue weighted by atomic mass is 35.5. The quantitative estimate of drug-likeness (QED) is 0.502. The molecular weight excluding hydrogens is 401 g/mol. The van der Waals surface area contributed by atoms with Crippen LogP contribution in [0.1, 0.15) is 29.2 Å². The van der Waals surface area contributed by atoms with Crippen molar-refractivity contribution in [1.82, 2.24) is 29.8 Å². The molecule has 1 N–H and O–H groups in total. The number of aryl methyl sites for hydroxylation is 1. The first-order chi connectivity index (χ1) is 13.5. The van der Waals surface area contributed by atoms with E-state index < -0.39 is 0 Å². The summed E-state index contributed by atoms with van der Waals surface area (Å²) in [5.74, 6) is 0.242. The van der Waals surface area contributed by atoms with Crippen LogP contribution in [0, 0.1) is 12.7 Å². The van der Waals surface area contributed by atoms with Crippen LogP contribution in [0.2, 0.25) is 5.02 Å². The Morgan fingerprint density at radius 1 is 1.18 bits per heavy atom. The molecule has 0 saturated carbocycles. The third-order valence-electron chi connectivity index (χ3n) is 4.19. The predicted octanol–water partition coefficient (Wildman–Crippen LogP) is 4.43. The lowest BCUT2D eigenvalue weighted by Crippen LogP contribution is -2.07. The molecule has 144 valence electrons. The van der Waals surface area contributed by atoms with Crippen LogP contribution in [0.3, 0.4) is 0 Å². The fourth-order valence-electron chi connectivity index (χ4n) is 2.69. The first-order valence-electron chi connectivity index (χ1n) is 8.58. The van der Waals surface area contributed by atoms with Crippen molar-refractivity contribution in [2.45, 2.75) is 26.4 Å². The van der Waals surface area contributed by atoms with Gasteiger partial charge in [-0.1, -0.05) is 29.0 Å². The zero-order valence-electron chi connectivity index (χ0n) is 15.2. The first-order valence-corrected chi connectivity index (χ1v) is 9.77. The number of nitrogens with one attached hydrogen (secondary N) is 1. The molecule has 0 aliphatic carbocycles. The molecule has 0 bridgehead atoms. The molecule has 1 atom stereocenters. The number of hydrogen-bond donors (Lipinski definition) is 1. The molecule has 0 spiro atoms. The van der Waals surface area contributed by atoms with E-state index in [4.69, 9.17) is 11.6 Å². The highest BCUT2D eigenvalue weighted by Crippen LogP contribution is 2.26. The minimum Gasteiger partial charge on any atom is -0.313 e. The molecule has 0 fully saturated rings. The van der Waals surface area contributed by atoms with Crippen molar-refractivity contribution in [3.63, 3.8) is 0 Å². The van der Waals surface area contributed by atoms with Gasteiger partial charge < -0.3 is 5.32 Å². The van der Waals surface area contributed by atoms with Crippen LogP contribution in [-0.2, 0) is 6.54 Å². The molecule has 4 rings (SSSR count). The largest absolute Gasteiger partial charge is 0.313 e. The lowest BCUT2D eigenvalue weighted by molar-refractivity contribution is 0.554. The minimum atomic E-state index is -0.353. The van der Waals surface area contributed by atoms with Gasteiger partial charge in [-0.15, -0.1) is 10.2 Å². The normalized spacial score (nSPS) is 12.3. The Morgan fingerprint density at radius 2 is 2.04 bits per heavy atom. The second-order valence-corrected chi connectivity index (χ2v) is 7.70. The standard InChI is InChI=1S/C18H17ClFN7S/c1-11-6-9-27(24-11)12(2)17-22-23-18(28-17)21-16-7-8-26(25-16)10-13-14(19)4-3-5-15(13)20/h3-9,12H,10H2,1-2H3,(H,21,23,25). The topological polar surface area (TPSA) is 73.5 Å². The zero-order chi connectivity index (χ0) is 19.7. The van der Waals surface area contributed by atoms with Crippen molar-refractivity contribution in [1.29, 1.82) is 0 Å². The van der Waals surface area contributed by atoms with E-state index in [9.17, 15) is 4.39 Å². The Labute approximate surface area is 169 Å². The average molecular weight is 418 g/mol. The van der Waals surface area contributed by atoms with E-state index in [1.165, 1.54) is 17.4 Å². The van der Waals surface area contributed by atoms with Gasteiger partial charge in [0.15, 0.2) is 5.82 Å². The Balaban J connectivity index is 1.45. The van der Waals surface area contributed by atoms with Crippen LogP contribution in [0.5, 0.6) is 0 Å². The molecule has 0 radical (unpaired) electrons. The van der Waals surface area contributed by atoms with E-state index in [0.29, 0.717) is 21.5 Å². The summed E-state index contributed by atoms with van der Waals surface area (Å²) >= 11 is 7.51. The second-order valence-electron chi connectivity index (χ2n) is 6.28. The van der Waals surface area contributed by atoms with Crippen molar-refractivity contribution in [3.05, 3.63) is 69.8 Å². The van der Waals surface area contributed by atoms with Crippen LogP contribution in [0.15, 0.2) is 42.7 Å². The Morgan fingerprint density at radius 3 is 2.79 bits per heavy atom. The maximum Gasteiger partial charge on any atom is 0.211 e. The zero-order valence-corrected chi connectivity index (χ0v) is 16.7. The van der Waals surface area contributed by atoms with Gasteiger partial charge in [-0.05, 0) is 32.0 Å². The maximum absolute atomic E-state index is 13.9. The average Bonchev–Trinajstić information content (AvgIpc) is 3.40. The molecule has 0 aliphatic heterocycles. The first kappa shape index (κ1) is 18.6. The van der Waals surface area contributed by atoms with E-state index in [1.807, 2.05) is 30.8 Å². The summed E-state index contributed by atoms with van der Waals surface area (Å²) in [5, 5.41) is 22.2. The van der Waals surface area contributed by atoms with Gasteiger partial charge in [0.1, 0.15) is 16.9 Å². The summed E-state index contributed by atoms with van der Waals surface area (Å²) in [5.41, 5.74) is 1.36. The second kappa shape index (κ2) is 7.69. The lowest BCUT2D eigenvalue weighted by atomic mass is 10.2. The van der Waals surface area contributed by atoms with E-state index in [-0.39, 0.29) is 18.4 Å². The lowest BCUT2D eigenvalue weighted by Gasteiger charge is -2.07. The molecule has 0 aliphatic rings. The van der Waals surface area contributed by atoms with Crippen molar-refractivity contribution >= 4 is 33.9 Å². The summed E-state index contributed by atoms with van der Waals surface area (Å²) < 4.78 is 17.4. The summed E-state index contributed by atoms with van der Waals surface area (Å²) in [6.07, 6.45) is 3.67. The highest BCUT2D eigenvalue weighted by Gasteiger charge is 2.15. The number of halogens is 2. The number of aromatic nitrogens is 6. The van der Waals surface area contributed by atoms with Crippen LogP contribution >= 0.6 is 22.9 Å². The molecule has 10 heteroatoms. The van der Waals surface area contributed by atoms with Gasteiger partial charge in [0.2, 0.25) is 5.13 Å². The van der Waals surface area contributed by atoms with Gasteiger partial charge in [-0.25, -0.2) is 4.39 Å². The van der Waals surface area contributed by atoms with Gasteiger partial charge in [0.05, 0.1) is 12.2 Å². The molecule has 0 amide bonds. The number of rotatable bonds is 6. The monoisotopic (exact) mass is 417 g/mol. The fourth-order valence-corrected chi connectivity index (χ4v) is 3.71. The number of hydrogen-bond acceptors (Lipinski definition) is 6. The molecule has 28 heavy (non-hydrogen) atoms. The Bertz CT molecular complexity index is 1080. The molecule has 0 saturated heterocycles. The van der Waals surface area contributed by atoms with Crippen molar-refractivity contribution in [2.75, 3.05) is 5.32 Å². The van der Waals surface area contributed by atoms with Crippen molar-refractivity contribution in [3.8, 4) is 0 Å².